The number of nitrogens with one attached hydrogen (secondary N) is 2. The molecule has 6 atom stereocenters. The summed E-state index contributed by atoms with van der Waals surface area (Å²) >= 11 is 0. The fraction of sp³-hybridized carbons (Fsp3) is 0.562. The highest BCUT2D eigenvalue weighted by atomic mass is 16.6. The Balaban J connectivity index is 1.82. The van der Waals surface area contributed by atoms with Crippen LogP contribution in [0.25, 0.3) is 11.2 Å². The van der Waals surface area contributed by atoms with Gasteiger partial charge >= 0.3 is 12.0 Å². The largest absolute Gasteiger partial charge is 0.480 e. The van der Waals surface area contributed by atoms with Gasteiger partial charge in [0.2, 0.25) is 0 Å². The molecule has 164 valence electrons. The normalized spacial score (nSPS) is 25.8. The first-order valence-corrected chi connectivity index (χ1v) is 9.06. The second-order valence-electron chi connectivity index (χ2n) is 6.67. The summed E-state index contributed by atoms with van der Waals surface area (Å²) in [6.45, 7) is 1.07. The average Bonchev–Trinajstić information content (AvgIpc) is 3.27. The average molecular weight is 426 g/mol. The van der Waals surface area contributed by atoms with Gasteiger partial charge in [0, 0.05) is 0 Å². The zero-order chi connectivity index (χ0) is 22.0. The molecule has 2 aromatic heterocycles. The van der Waals surface area contributed by atoms with E-state index >= 15 is 0 Å². The zero-order valence-electron chi connectivity index (χ0n) is 15.8. The molecule has 3 heterocycles. The number of aliphatic carboxylic acids is 1. The van der Waals surface area contributed by atoms with Crippen molar-refractivity contribution in [3.63, 3.8) is 0 Å². The van der Waals surface area contributed by atoms with Gasteiger partial charge < -0.3 is 35.6 Å². The molecular formula is C16H22N6O8. The lowest BCUT2D eigenvalue weighted by Crippen LogP contribution is -2.50. The number of nitrogens with zero attached hydrogens (tertiary/aromatic N) is 4. The number of ether oxygens (including phenoxy) is 1. The highest BCUT2D eigenvalue weighted by Crippen LogP contribution is 2.32. The van der Waals surface area contributed by atoms with Crippen LogP contribution in [-0.2, 0) is 9.53 Å². The maximum atomic E-state index is 12.2. The molecule has 0 saturated carbocycles. The third-order valence-corrected chi connectivity index (χ3v) is 4.74. The number of aromatic nitrogens is 4. The summed E-state index contributed by atoms with van der Waals surface area (Å²) in [5.74, 6) is -1.46. The van der Waals surface area contributed by atoms with E-state index in [-0.39, 0.29) is 23.4 Å². The van der Waals surface area contributed by atoms with E-state index in [4.69, 9.17) is 9.84 Å². The van der Waals surface area contributed by atoms with Crippen LogP contribution in [0.4, 0.5) is 10.6 Å². The van der Waals surface area contributed by atoms with Crippen LogP contribution < -0.4 is 10.6 Å². The Hall–Kier alpha value is -2.91. The molecular weight excluding hydrogens is 404 g/mol. The van der Waals surface area contributed by atoms with Crippen LogP contribution in [0.1, 0.15) is 19.6 Å². The number of anilines is 1. The van der Waals surface area contributed by atoms with E-state index in [1.165, 1.54) is 10.9 Å². The van der Waals surface area contributed by atoms with E-state index in [9.17, 15) is 30.0 Å². The van der Waals surface area contributed by atoms with Gasteiger partial charge in [0.15, 0.2) is 29.3 Å². The standard InChI is InChI=1S/C16H22N6O8/c1-2-6(24)8(15(27)28)20-16(29)21-12-9-13(18-4-17-12)22(5-19-9)14-11(26)10(25)7(3-23)30-14/h4-8,10-11,14,23-26H,2-3H2,1H3,(H,27,28)(H2,17,18,20,21,29)/t6?,7-,8?,10-,11-,14-/m1/s1. The summed E-state index contributed by atoms with van der Waals surface area (Å²) in [7, 11) is 0. The van der Waals surface area contributed by atoms with Crippen molar-refractivity contribution in [1.82, 2.24) is 24.8 Å². The van der Waals surface area contributed by atoms with Gasteiger partial charge in [-0.05, 0) is 6.42 Å². The second-order valence-corrected chi connectivity index (χ2v) is 6.67. The van der Waals surface area contributed by atoms with Crippen molar-refractivity contribution in [2.45, 2.75) is 50.0 Å². The van der Waals surface area contributed by atoms with Crippen LogP contribution in [0.3, 0.4) is 0 Å². The number of carbonyl (C=O) groups is 2. The first kappa shape index (κ1) is 21.8. The molecule has 1 aliphatic rings. The lowest BCUT2D eigenvalue weighted by atomic mass is 10.1. The van der Waals surface area contributed by atoms with Crippen molar-refractivity contribution < 1.29 is 39.9 Å². The Kier molecular flexibility index (Phi) is 6.42. The summed E-state index contributed by atoms with van der Waals surface area (Å²) in [6, 6.07) is -2.46. The number of urea groups is 1. The van der Waals surface area contributed by atoms with Gasteiger partial charge in [-0.25, -0.2) is 24.5 Å². The molecule has 0 radical (unpaired) electrons. The van der Waals surface area contributed by atoms with Crippen LogP contribution in [-0.4, -0.2) is 94.1 Å². The molecule has 7 N–H and O–H groups in total. The Morgan fingerprint density at radius 2 is 2.00 bits per heavy atom. The van der Waals surface area contributed by atoms with E-state index in [1.54, 1.807) is 6.92 Å². The first-order chi connectivity index (χ1) is 14.3. The maximum Gasteiger partial charge on any atom is 0.328 e. The summed E-state index contributed by atoms with van der Waals surface area (Å²) in [5.41, 5.74) is 0.256. The summed E-state index contributed by atoms with van der Waals surface area (Å²) < 4.78 is 6.76. The molecule has 1 aliphatic heterocycles. The van der Waals surface area contributed by atoms with Crippen LogP contribution in [0.15, 0.2) is 12.7 Å². The quantitative estimate of drug-likeness (QED) is 0.252. The minimum Gasteiger partial charge on any atom is -0.480 e. The van der Waals surface area contributed by atoms with Gasteiger partial charge in [-0.2, -0.15) is 0 Å². The van der Waals surface area contributed by atoms with Crippen molar-refractivity contribution in [3.05, 3.63) is 12.7 Å². The van der Waals surface area contributed by atoms with Crippen LogP contribution in [0.5, 0.6) is 0 Å². The lowest BCUT2D eigenvalue weighted by Gasteiger charge is -2.19. The van der Waals surface area contributed by atoms with Gasteiger partial charge in [0.05, 0.1) is 19.0 Å². The fourth-order valence-corrected chi connectivity index (χ4v) is 3.08. The monoisotopic (exact) mass is 426 g/mol. The SMILES string of the molecule is CCC(O)C(NC(=O)Nc1ncnc2c1ncn2[C@@H]1O[C@H](CO)[C@@H](O)[C@H]1O)C(=O)O. The summed E-state index contributed by atoms with van der Waals surface area (Å²) in [5, 5.41) is 52.8. The number of fused-ring (bicyclic) bond motifs is 1. The van der Waals surface area contributed by atoms with E-state index in [1.807, 2.05) is 0 Å². The summed E-state index contributed by atoms with van der Waals surface area (Å²) in [6.07, 6.45) is -3.58. The fourth-order valence-electron chi connectivity index (χ4n) is 3.08. The van der Waals surface area contributed by atoms with E-state index in [0.29, 0.717) is 0 Å². The summed E-state index contributed by atoms with van der Waals surface area (Å²) in [4.78, 5) is 35.5. The van der Waals surface area contributed by atoms with Crippen molar-refractivity contribution >= 4 is 29.0 Å². The molecule has 14 heteroatoms. The molecule has 30 heavy (non-hydrogen) atoms. The van der Waals surface area contributed by atoms with Gasteiger partial charge in [-0.3, -0.25) is 9.88 Å². The van der Waals surface area contributed by atoms with Gasteiger partial charge in [0.25, 0.3) is 0 Å². The van der Waals surface area contributed by atoms with Crippen LogP contribution in [0, 0.1) is 0 Å². The number of imidazole rings is 1. The molecule has 0 aromatic carbocycles. The molecule has 14 nitrogen and oxygen atoms in total. The third-order valence-electron chi connectivity index (χ3n) is 4.74. The Labute approximate surface area is 169 Å². The Morgan fingerprint density at radius 1 is 1.27 bits per heavy atom. The number of carboxylic acid groups (broad SMARTS) is 1. The Morgan fingerprint density at radius 3 is 2.60 bits per heavy atom. The molecule has 1 fully saturated rings. The smallest absolute Gasteiger partial charge is 0.328 e. The van der Waals surface area contributed by atoms with Crippen molar-refractivity contribution in [3.8, 4) is 0 Å². The predicted molar refractivity (Wildman–Crippen MR) is 98.2 cm³/mol. The lowest BCUT2D eigenvalue weighted by molar-refractivity contribution is -0.142. The van der Waals surface area contributed by atoms with Crippen LogP contribution in [0.2, 0.25) is 0 Å². The first-order valence-electron chi connectivity index (χ1n) is 9.06. The number of aliphatic hydroxyl groups is 4. The number of amides is 2. The topological polar surface area (TPSA) is 212 Å². The van der Waals surface area contributed by atoms with Crippen molar-refractivity contribution in [2.24, 2.45) is 0 Å². The number of hydrogen-bond donors (Lipinski definition) is 7. The molecule has 0 bridgehead atoms. The minimum atomic E-state index is -1.52. The minimum absolute atomic E-state index is 0.0573. The highest BCUT2D eigenvalue weighted by Gasteiger charge is 2.44. The second kappa shape index (κ2) is 8.85. The van der Waals surface area contributed by atoms with Crippen molar-refractivity contribution in [1.29, 1.82) is 0 Å². The molecule has 0 spiro atoms. The third kappa shape index (κ3) is 4.03. The maximum absolute atomic E-state index is 12.2. The zero-order valence-corrected chi connectivity index (χ0v) is 15.8. The molecule has 2 aromatic rings. The predicted octanol–water partition coefficient (Wildman–Crippen LogP) is -2.22. The van der Waals surface area contributed by atoms with E-state index < -0.39 is 55.3 Å². The van der Waals surface area contributed by atoms with Crippen molar-refractivity contribution in [2.75, 3.05) is 11.9 Å². The number of aliphatic hydroxyl groups excluding tert-OH is 4. The highest BCUT2D eigenvalue weighted by molar-refractivity contribution is 5.97. The van der Waals surface area contributed by atoms with E-state index in [0.717, 1.165) is 6.33 Å². The molecule has 2 unspecified atom stereocenters. The number of carboxylic acids is 1. The molecule has 1 saturated heterocycles. The Bertz CT molecular complexity index is 922. The van der Waals surface area contributed by atoms with Gasteiger partial charge in [-0.1, -0.05) is 6.92 Å². The van der Waals surface area contributed by atoms with E-state index in [2.05, 4.69) is 25.6 Å². The molecule has 3 rings (SSSR count). The van der Waals surface area contributed by atoms with Gasteiger partial charge in [-0.15, -0.1) is 0 Å². The number of hydrogen-bond acceptors (Lipinski definition) is 10. The van der Waals surface area contributed by atoms with Crippen LogP contribution >= 0.6 is 0 Å². The number of carbonyl (C=O) groups excluding carboxylic acids is 1. The molecule has 2 amide bonds. The molecule has 0 aliphatic carbocycles. The van der Waals surface area contributed by atoms with Gasteiger partial charge in [0.1, 0.15) is 24.6 Å². The number of rotatable bonds is 7.